The number of aromatic nitrogens is 2. The second-order valence-corrected chi connectivity index (χ2v) is 4.28. The van der Waals surface area contributed by atoms with Gasteiger partial charge in [-0.15, -0.1) is 10.2 Å². The van der Waals surface area contributed by atoms with Gasteiger partial charge in [-0.1, -0.05) is 34.8 Å². The molecule has 3 nitrogen and oxygen atoms in total. The van der Waals surface area contributed by atoms with Crippen LogP contribution in [0.2, 0.25) is 15.3 Å². The van der Waals surface area contributed by atoms with Crippen molar-refractivity contribution in [3.63, 3.8) is 0 Å². The summed E-state index contributed by atoms with van der Waals surface area (Å²) in [7, 11) is 0. The van der Waals surface area contributed by atoms with Gasteiger partial charge >= 0.3 is 0 Å². The molecule has 0 aliphatic rings. The van der Waals surface area contributed by atoms with Crippen molar-refractivity contribution in [1.82, 2.24) is 10.2 Å². The Labute approximate surface area is 112 Å². The molecule has 2 rings (SSSR count). The maximum atomic E-state index is 13.0. The number of benzene rings is 1. The van der Waals surface area contributed by atoms with Crippen LogP contribution >= 0.6 is 34.8 Å². The minimum Gasteiger partial charge on any atom is -0.353 e. The summed E-state index contributed by atoms with van der Waals surface area (Å²) in [6.45, 7) is 0. The molecule has 0 saturated heterocycles. The van der Waals surface area contributed by atoms with Crippen molar-refractivity contribution in [2.45, 2.75) is 0 Å². The van der Waals surface area contributed by atoms with E-state index < -0.39 is 5.82 Å². The molecule has 88 valence electrons. The first-order valence-electron chi connectivity index (χ1n) is 4.47. The Balaban J connectivity index is 2.31. The van der Waals surface area contributed by atoms with Gasteiger partial charge in [-0.3, -0.25) is 0 Å². The van der Waals surface area contributed by atoms with Gasteiger partial charge in [0.15, 0.2) is 10.3 Å². The van der Waals surface area contributed by atoms with E-state index in [4.69, 9.17) is 34.8 Å². The number of halogens is 4. The van der Waals surface area contributed by atoms with Gasteiger partial charge in [-0.2, -0.15) is 0 Å². The van der Waals surface area contributed by atoms with Crippen LogP contribution in [-0.4, -0.2) is 10.2 Å². The highest BCUT2D eigenvalue weighted by Crippen LogP contribution is 2.27. The maximum absolute atomic E-state index is 13.0. The summed E-state index contributed by atoms with van der Waals surface area (Å²) in [4.78, 5) is 0. The van der Waals surface area contributed by atoms with Crippen molar-refractivity contribution in [3.8, 4) is 0 Å². The van der Waals surface area contributed by atoms with Gasteiger partial charge in [0.25, 0.3) is 0 Å². The lowest BCUT2D eigenvalue weighted by Gasteiger charge is -2.08. The number of hydrogen-bond acceptors (Lipinski definition) is 3. The average molecular weight is 293 g/mol. The zero-order valence-electron chi connectivity index (χ0n) is 8.22. The predicted octanol–water partition coefficient (Wildman–Crippen LogP) is 4.32. The smallest absolute Gasteiger partial charge is 0.175 e. The fourth-order valence-corrected chi connectivity index (χ4v) is 1.64. The van der Waals surface area contributed by atoms with E-state index in [2.05, 4.69) is 15.5 Å². The summed E-state index contributed by atoms with van der Waals surface area (Å²) in [6, 6.07) is 5.70. The third-order valence-corrected chi connectivity index (χ3v) is 2.67. The molecule has 0 saturated carbocycles. The van der Waals surface area contributed by atoms with Gasteiger partial charge in [0.05, 0.1) is 10.7 Å². The van der Waals surface area contributed by atoms with Crippen LogP contribution in [0.25, 0.3) is 0 Å². The molecule has 0 fully saturated rings. The lowest BCUT2D eigenvalue weighted by molar-refractivity contribution is 0.628. The molecule has 0 bridgehead atoms. The van der Waals surface area contributed by atoms with Gasteiger partial charge in [0.1, 0.15) is 5.82 Å². The number of hydrogen-bond donors (Lipinski definition) is 1. The molecule has 1 aromatic heterocycles. The molecule has 0 spiro atoms. The summed E-state index contributed by atoms with van der Waals surface area (Å²) in [5.74, 6) is -0.491. The quantitative estimate of drug-likeness (QED) is 0.895. The Morgan fingerprint density at radius 3 is 2.53 bits per heavy atom. The van der Waals surface area contributed by atoms with E-state index in [1.807, 2.05) is 0 Å². The van der Waals surface area contributed by atoms with Crippen LogP contribution in [0.4, 0.5) is 15.8 Å². The number of rotatable bonds is 2. The first-order valence-corrected chi connectivity index (χ1v) is 5.60. The molecule has 7 heteroatoms. The number of anilines is 2. The first kappa shape index (κ1) is 12.4. The Morgan fingerprint density at radius 2 is 1.82 bits per heavy atom. The monoisotopic (exact) mass is 291 g/mol. The van der Waals surface area contributed by atoms with E-state index in [1.165, 1.54) is 24.3 Å². The van der Waals surface area contributed by atoms with Crippen LogP contribution in [0.15, 0.2) is 24.3 Å². The van der Waals surface area contributed by atoms with Gasteiger partial charge in [-0.25, -0.2) is 4.39 Å². The van der Waals surface area contributed by atoms with Crippen LogP contribution in [0.3, 0.4) is 0 Å². The van der Waals surface area contributed by atoms with Crippen molar-refractivity contribution >= 4 is 46.2 Å². The first-order chi connectivity index (χ1) is 8.06. The largest absolute Gasteiger partial charge is 0.353 e. The van der Waals surface area contributed by atoms with Crippen LogP contribution in [-0.2, 0) is 0 Å². The zero-order chi connectivity index (χ0) is 12.4. The van der Waals surface area contributed by atoms with Gasteiger partial charge in [0.2, 0.25) is 0 Å². The minimum atomic E-state index is -0.491. The molecule has 0 aliphatic carbocycles. The number of nitrogens with one attached hydrogen (secondary N) is 1. The number of nitrogens with zero attached hydrogens (tertiary/aromatic N) is 2. The summed E-state index contributed by atoms with van der Waals surface area (Å²) in [6.07, 6.45) is 0. The van der Waals surface area contributed by atoms with Crippen molar-refractivity contribution in [2.75, 3.05) is 5.32 Å². The third-order valence-electron chi connectivity index (χ3n) is 1.92. The Kier molecular flexibility index (Phi) is 3.66. The van der Waals surface area contributed by atoms with Crippen LogP contribution in [0.1, 0.15) is 0 Å². The Morgan fingerprint density at radius 1 is 1.06 bits per heavy atom. The summed E-state index contributed by atoms with van der Waals surface area (Å²) in [5.41, 5.74) is 1.04. The predicted molar refractivity (Wildman–Crippen MR) is 66.7 cm³/mol. The standard InChI is InChI=1S/C10H5Cl3FN3/c11-6-3-5(1-2-7(6)14)15-8-4-9(12)16-17-10(8)13/h1-4H,(H,15,16). The lowest BCUT2D eigenvalue weighted by Crippen LogP contribution is -1.95. The van der Waals surface area contributed by atoms with Gasteiger partial charge < -0.3 is 5.32 Å². The second-order valence-electron chi connectivity index (χ2n) is 3.13. The molecule has 0 unspecified atom stereocenters. The van der Waals surface area contributed by atoms with Crippen molar-refractivity contribution < 1.29 is 4.39 Å². The Bertz CT molecular complexity index is 562. The second kappa shape index (κ2) is 5.04. The summed E-state index contributed by atoms with van der Waals surface area (Å²) in [5, 5.41) is 10.5. The molecule has 1 heterocycles. The van der Waals surface area contributed by atoms with Crippen molar-refractivity contribution in [3.05, 3.63) is 45.4 Å². The summed E-state index contributed by atoms with van der Waals surface area (Å²) >= 11 is 17.1. The van der Waals surface area contributed by atoms with E-state index in [9.17, 15) is 4.39 Å². The molecule has 1 aromatic carbocycles. The molecule has 1 N–H and O–H groups in total. The van der Waals surface area contributed by atoms with Crippen molar-refractivity contribution in [1.29, 1.82) is 0 Å². The maximum Gasteiger partial charge on any atom is 0.175 e. The van der Waals surface area contributed by atoms with E-state index in [-0.39, 0.29) is 15.3 Å². The van der Waals surface area contributed by atoms with Gasteiger partial charge in [0, 0.05) is 11.8 Å². The molecule has 0 aliphatic heterocycles. The van der Waals surface area contributed by atoms with Crippen LogP contribution in [0, 0.1) is 5.82 Å². The molecule has 0 amide bonds. The normalized spacial score (nSPS) is 10.4. The van der Waals surface area contributed by atoms with E-state index >= 15 is 0 Å². The molecule has 2 aromatic rings. The van der Waals surface area contributed by atoms with Crippen molar-refractivity contribution in [2.24, 2.45) is 0 Å². The molecule has 17 heavy (non-hydrogen) atoms. The highest BCUT2D eigenvalue weighted by Gasteiger charge is 2.06. The molecule has 0 atom stereocenters. The van der Waals surface area contributed by atoms with E-state index in [0.29, 0.717) is 11.4 Å². The topological polar surface area (TPSA) is 37.8 Å². The Hall–Kier alpha value is -1.10. The summed E-state index contributed by atoms with van der Waals surface area (Å²) < 4.78 is 13.0. The molecular weight excluding hydrogens is 287 g/mol. The van der Waals surface area contributed by atoms with Crippen LogP contribution in [0.5, 0.6) is 0 Å². The average Bonchev–Trinajstić information content (AvgIpc) is 2.29. The van der Waals surface area contributed by atoms with Gasteiger partial charge in [-0.05, 0) is 18.2 Å². The molecule has 0 radical (unpaired) electrons. The fraction of sp³-hybridized carbons (Fsp3) is 0. The van der Waals surface area contributed by atoms with Crippen LogP contribution < -0.4 is 5.32 Å². The molecular formula is C10H5Cl3FN3. The SMILES string of the molecule is Fc1ccc(Nc2cc(Cl)nnc2Cl)cc1Cl. The lowest BCUT2D eigenvalue weighted by atomic mass is 10.3. The minimum absolute atomic E-state index is 0.0132. The van der Waals surface area contributed by atoms with E-state index in [1.54, 1.807) is 0 Å². The van der Waals surface area contributed by atoms with E-state index in [0.717, 1.165) is 0 Å². The fourth-order valence-electron chi connectivity index (χ4n) is 1.17. The highest BCUT2D eigenvalue weighted by molar-refractivity contribution is 6.33. The third kappa shape index (κ3) is 2.97. The highest BCUT2D eigenvalue weighted by atomic mass is 35.5. The zero-order valence-corrected chi connectivity index (χ0v) is 10.5.